The maximum atomic E-state index is 13.2. The van der Waals surface area contributed by atoms with Gasteiger partial charge in [-0.3, -0.25) is 9.69 Å². The number of hydrogen-bond acceptors (Lipinski definition) is 6. The number of ether oxygens (including phenoxy) is 1. The lowest BCUT2D eigenvalue weighted by Gasteiger charge is -2.50. The third-order valence-corrected chi connectivity index (χ3v) is 8.12. The van der Waals surface area contributed by atoms with Crippen LogP contribution in [0.1, 0.15) is 54.9 Å². The number of thiazole rings is 1. The summed E-state index contributed by atoms with van der Waals surface area (Å²) in [6.07, 6.45) is 5.12. The molecule has 1 amide bonds. The topological polar surface area (TPSA) is 81.7 Å². The number of aromatic nitrogens is 2. The number of nitrogens with one attached hydrogen (secondary N) is 1. The second kappa shape index (κ2) is 9.08. The van der Waals surface area contributed by atoms with Crippen LogP contribution in [0.25, 0.3) is 10.9 Å². The van der Waals surface area contributed by atoms with Crippen LogP contribution in [0.5, 0.6) is 5.75 Å². The predicted molar refractivity (Wildman–Crippen MR) is 130 cm³/mol. The van der Waals surface area contributed by atoms with Crippen LogP contribution < -0.4 is 4.74 Å². The number of rotatable bonds is 6. The summed E-state index contributed by atoms with van der Waals surface area (Å²) < 4.78 is 5.45. The molecule has 0 aliphatic carbocycles. The molecule has 8 heteroatoms. The van der Waals surface area contributed by atoms with Crippen molar-refractivity contribution in [3.05, 3.63) is 46.0 Å². The molecular formula is C25H32N4O3S. The zero-order valence-corrected chi connectivity index (χ0v) is 20.2. The summed E-state index contributed by atoms with van der Waals surface area (Å²) in [7, 11) is 1.67. The number of aromatic amines is 1. The summed E-state index contributed by atoms with van der Waals surface area (Å²) in [5.41, 5.74) is 3.15. The number of nitrogens with zero attached hydrogens (tertiary/aromatic N) is 3. The van der Waals surface area contributed by atoms with Gasteiger partial charge in [0, 0.05) is 52.6 Å². The van der Waals surface area contributed by atoms with Crippen LogP contribution in [0.4, 0.5) is 0 Å². The fraction of sp³-hybridized carbons (Fsp3) is 0.520. The fourth-order valence-corrected chi connectivity index (χ4v) is 6.35. The molecule has 3 aromatic rings. The lowest BCUT2D eigenvalue weighted by atomic mass is 9.68. The van der Waals surface area contributed by atoms with Gasteiger partial charge < -0.3 is 19.7 Å². The van der Waals surface area contributed by atoms with Crippen molar-refractivity contribution >= 4 is 28.1 Å². The maximum Gasteiger partial charge on any atom is 0.223 e. The number of H-pyrrole nitrogens is 1. The smallest absolute Gasteiger partial charge is 0.223 e. The molecule has 2 aliphatic rings. The van der Waals surface area contributed by atoms with Crippen LogP contribution in [-0.2, 0) is 16.8 Å². The Morgan fingerprint density at radius 2 is 2.18 bits per heavy atom. The largest absolute Gasteiger partial charge is 0.497 e. The molecule has 1 saturated heterocycles. The molecule has 1 spiro atoms. The molecular weight excluding hydrogens is 436 g/mol. The zero-order valence-electron chi connectivity index (χ0n) is 19.3. The minimum atomic E-state index is -0.337. The van der Waals surface area contributed by atoms with Gasteiger partial charge in [0.05, 0.1) is 26.3 Å². The van der Waals surface area contributed by atoms with E-state index >= 15 is 0 Å². The Bertz CT molecular complexity index is 1120. The van der Waals surface area contributed by atoms with Crippen LogP contribution >= 0.6 is 11.3 Å². The van der Waals surface area contributed by atoms with E-state index in [0.29, 0.717) is 13.0 Å². The van der Waals surface area contributed by atoms with E-state index in [2.05, 4.69) is 20.9 Å². The molecule has 0 unspecified atom stereocenters. The minimum absolute atomic E-state index is 0.0847. The predicted octanol–water partition coefficient (Wildman–Crippen LogP) is 3.84. The number of aliphatic hydroxyl groups is 1. The summed E-state index contributed by atoms with van der Waals surface area (Å²) >= 11 is 1.70. The number of benzene rings is 1. The van der Waals surface area contributed by atoms with Gasteiger partial charge in [-0.25, -0.2) is 4.98 Å². The number of fused-ring (bicyclic) bond motifs is 4. The second-order valence-electron chi connectivity index (χ2n) is 9.28. The molecule has 176 valence electrons. The molecule has 2 aliphatic heterocycles. The first-order valence-corrected chi connectivity index (χ1v) is 12.7. The average Bonchev–Trinajstić information content (AvgIpc) is 3.48. The normalized spacial score (nSPS) is 20.3. The molecule has 4 heterocycles. The fourth-order valence-electron chi connectivity index (χ4n) is 5.70. The second-order valence-corrected chi connectivity index (χ2v) is 10.3. The van der Waals surface area contributed by atoms with Gasteiger partial charge in [-0.2, -0.15) is 0 Å². The van der Waals surface area contributed by atoms with Crippen molar-refractivity contribution in [3.63, 3.8) is 0 Å². The summed E-state index contributed by atoms with van der Waals surface area (Å²) in [5, 5.41) is 14.7. The highest BCUT2D eigenvalue weighted by Gasteiger charge is 2.48. The first kappa shape index (κ1) is 22.4. The van der Waals surface area contributed by atoms with Gasteiger partial charge in [-0.1, -0.05) is 6.92 Å². The molecule has 1 atom stereocenters. The third kappa shape index (κ3) is 3.94. The summed E-state index contributed by atoms with van der Waals surface area (Å²) in [6, 6.07) is 5.82. The Labute approximate surface area is 198 Å². The molecule has 7 nitrogen and oxygen atoms in total. The number of likely N-dealkylation sites (tertiary alicyclic amines) is 1. The SMILES string of the molecule is CCCC(=O)N1CC2(CCN(Cc3nccs3)CC2)c2c([nH]c3cc(OC)ccc23)[C@H]1CO. The Hall–Kier alpha value is -2.42. The summed E-state index contributed by atoms with van der Waals surface area (Å²) in [4.78, 5) is 25.6. The first-order valence-electron chi connectivity index (χ1n) is 11.8. The van der Waals surface area contributed by atoms with Crippen molar-refractivity contribution in [2.45, 2.75) is 50.6 Å². The van der Waals surface area contributed by atoms with Crippen molar-refractivity contribution in [1.82, 2.24) is 19.8 Å². The van der Waals surface area contributed by atoms with Crippen molar-refractivity contribution in [1.29, 1.82) is 0 Å². The van der Waals surface area contributed by atoms with Crippen LogP contribution in [0, 0.1) is 0 Å². The van der Waals surface area contributed by atoms with Crippen molar-refractivity contribution in [2.24, 2.45) is 0 Å². The molecule has 0 bridgehead atoms. The number of carbonyl (C=O) groups excluding carboxylic acids is 1. The Morgan fingerprint density at radius 3 is 2.85 bits per heavy atom. The number of aliphatic hydroxyl groups excluding tert-OH is 1. The van der Waals surface area contributed by atoms with E-state index in [0.717, 1.165) is 60.9 Å². The van der Waals surface area contributed by atoms with Crippen LogP contribution in [0.2, 0.25) is 0 Å². The van der Waals surface area contributed by atoms with Crippen LogP contribution in [0.3, 0.4) is 0 Å². The summed E-state index contributed by atoms with van der Waals surface area (Å²) in [6.45, 7) is 5.41. The first-order chi connectivity index (χ1) is 16.1. The number of amides is 1. The van der Waals surface area contributed by atoms with E-state index in [1.165, 1.54) is 10.9 Å². The van der Waals surface area contributed by atoms with Gasteiger partial charge in [-0.05, 0) is 50.0 Å². The van der Waals surface area contributed by atoms with Crippen molar-refractivity contribution in [3.8, 4) is 5.75 Å². The lowest BCUT2D eigenvalue weighted by Crippen LogP contribution is -2.55. The Balaban J connectivity index is 1.55. The number of hydrogen-bond donors (Lipinski definition) is 2. The summed E-state index contributed by atoms with van der Waals surface area (Å²) in [5.74, 6) is 0.927. The van der Waals surface area contributed by atoms with Gasteiger partial charge in [0.15, 0.2) is 0 Å². The molecule has 5 rings (SSSR count). The van der Waals surface area contributed by atoms with E-state index in [-0.39, 0.29) is 24.0 Å². The highest BCUT2D eigenvalue weighted by Crippen LogP contribution is 2.49. The van der Waals surface area contributed by atoms with E-state index in [1.807, 2.05) is 35.5 Å². The molecule has 1 aromatic carbocycles. The van der Waals surface area contributed by atoms with E-state index < -0.39 is 0 Å². The Morgan fingerprint density at radius 1 is 1.36 bits per heavy atom. The molecule has 2 N–H and O–H groups in total. The van der Waals surface area contributed by atoms with Crippen LogP contribution in [0.15, 0.2) is 29.8 Å². The highest BCUT2D eigenvalue weighted by atomic mass is 32.1. The molecule has 2 aromatic heterocycles. The Kier molecular flexibility index (Phi) is 6.16. The van der Waals surface area contributed by atoms with E-state index in [1.54, 1.807) is 18.4 Å². The third-order valence-electron chi connectivity index (χ3n) is 7.36. The van der Waals surface area contributed by atoms with Crippen molar-refractivity contribution < 1.29 is 14.6 Å². The van der Waals surface area contributed by atoms with Crippen molar-refractivity contribution in [2.75, 3.05) is 33.4 Å². The number of methoxy groups -OCH3 is 1. The van der Waals surface area contributed by atoms with Crippen LogP contribution in [-0.4, -0.2) is 64.1 Å². The van der Waals surface area contributed by atoms with Gasteiger partial charge in [0.1, 0.15) is 10.8 Å². The van der Waals surface area contributed by atoms with E-state index in [9.17, 15) is 9.90 Å². The zero-order chi connectivity index (χ0) is 23.0. The maximum absolute atomic E-state index is 13.2. The van der Waals surface area contributed by atoms with E-state index in [4.69, 9.17) is 4.74 Å². The van der Waals surface area contributed by atoms with Gasteiger partial charge in [0.2, 0.25) is 5.91 Å². The lowest BCUT2D eigenvalue weighted by molar-refractivity contribution is -0.137. The highest BCUT2D eigenvalue weighted by molar-refractivity contribution is 7.09. The number of carbonyl (C=O) groups is 1. The van der Waals surface area contributed by atoms with Gasteiger partial charge in [-0.15, -0.1) is 11.3 Å². The van der Waals surface area contributed by atoms with Gasteiger partial charge in [0.25, 0.3) is 0 Å². The minimum Gasteiger partial charge on any atom is -0.497 e. The quantitative estimate of drug-likeness (QED) is 0.574. The standard InChI is InChI=1S/C25H32N4O3S/c1-3-4-22(31)29-16-25(7-10-28(11-8-25)14-21-26-9-12-33-21)23-18-6-5-17(32-2)13-19(18)27-24(23)20(29)15-30/h5-6,9,12-13,20,27,30H,3-4,7-8,10-11,14-16H2,1-2H3/t20-/m1/s1. The molecule has 0 radical (unpaired) electrons. The molecule has 1 fully saturated rings. The number of piperidine rings is 1. The average molecular weight is 469 g/mol. The molecule has 33 heavy (non-hydrogen) atoms. The monoisotopic (exact) mass is 468 g/mol. The molecule has 0 saturated carbocycles. The van der Waals surface area contributed by atoms with Gasteiger partial charge >= 0.3 is 0 Å².